The van der Waals surface area contributed by atoms with Gasteiger partial charge in [0.1, 0.15) is 0 Å². The molecule has 1 aliphatic rings. The van der Waals surface area contributed by atoms with Crippen molar-refractivity contribution in [2.75, 3.05) is 10.2 Å². The molecule has 4 aromatic carbocycles. The molecule has 4 nitrogen and oxygen atoms in total. The monoisotopic (exact) mass is 384 g/mol. The van der Waals surface area contributed by atoms with Crippen LogP contribution in [0.4, 0.5) is 34.1 Å². The summed E-state index contributed by atoms with van der Waals surface area (Å²) in [5.74, 6) is 0. The Balaban J connectivity index is 1.60. The molecule has 0 aliphatic carbocycles. The van der Waals surface area contributed by atoms with E-state index in [0.717, 1.165) is 39.6 Å². The Morgan fingerprint density at radius 3 is 2.03 bits per heavy atom. The highest BCUT2D eigenvalue weighted by atomic mass is 15.2. The van der Waals surface area contributed by atoms with Gasteiger partial charge in [0.05, 0.1) is 35.4 Å². The molecule has 1 aliphatic heterocycles. The molecule has 0 fully saturated rings. The zero-order valence-corrected chi connectivity index (χ0v) is 16.0. The second kappa shape index (κ2) is 7.13. The van der Waals surface area contributed by atoms with E-state index in [2.05, 4.69) is 57.5 Å². The highest BCUT2D eigenvalue weighted by Gasteiger charge is 2.23. The van der Waals surface area contributed by atoms with E-state index in [1.54, 1.807) is 12.1 Å². The summed E-state index contributed by atoms with van der Waals surface area (Å²) >= 11 is 0. The van der Waals surface area contributed by atoms with Crippen molar-refractivity contribution in [2.24, 2.45) is 0 Å². The molecule has 0 saturated heterocycles. The third-order valence-electron chi connectivity index (χ3n) is 5.25. The fourth-order valence-corrected chi connectivity index (χ4v) is 3.84. The van der Waals surface area contributed by atoms with Gasteiger partial charge >= 0.3 is 0 Å². The lowest BCUT2D eigenvalue weighted by molar-refractivity contribution is 1.25. The van der Waals surface area contributed by atoms with Crippen molar-refractivity contribution >= 4 is 34.1 Å². The molecule has 0 bridgehead atoms. The summed E-state index contributed by atoms with van der Waals surface area (Å²) in [7, 11) is 0. The van der Waals surface area contributed by atoms with E-state index in [1.165, 1.54) is 0 Å². The lowest BCUT2D eigenvalue weighted by atomic mass is 9.99. The fourth-order valence-electron chi connectivity index (χ4n) is 3.84. The summed E-state index contributed by atoms with van der Waals surface area (Å²) < 4.78 is 0. The molecule has 0 unspecified atom stereocenters. The van der Waals surface area contributed by atoms with Crippen molar-refractivity contribution in [2.45, 2.75) is 0 Å². The molecule has 1 heterocycles. The van der Waals surface area contributed by atoms with Crippen LogP contribution in [-0.2, 0) is 0 Å². The smallest absolute Gasteiger partial charge is 0.188 e. The van der Waals surface area contributed by atoms with Gasteiger partial charge in [-0.05, 0) is 53.6 Å². The zero-order chi connectivity index (χ0) is 20.5. The van der Waals surface area contributed by atoms with Gasteiger partial charge in [0.2, 0.25) is 0 Å². The highest BCUT2D eigenvalue weighted by molar-refractivity contribution is 5.96. The van der Waals surface area contributed by atoms with Crippen molar-refractivity contribution in [1.82, 2.24) is 0 Å². The zero-order valence-electron chi connectivity index (χ0n) is 16.0. The van der Waals surface area contributed by atoms with Gasteiger partial charge in [-0.25, -0.2) is 4.85 Å². The van der Waals surface area contributed by atoms with E-state index < -0.39 is 0 Å². The topological polar surface area (TPSA) is 43.4 Å². The standard InChI is InChI=1S/C26H16N4/c1-28-20-12-15-22(19(16-20)17-27)18-10-13-21(14-11-18)30-25-8-4-2-6-23(25)29-24-7-3-5-9-26(24)30/h2-16,29H. The number of nitrogens with one attached hydrogen (secondary N) is 1. The Hall–Kier alpha value is -4.54. The minimum atomic E-state index is 0.473. The number of anilines is 5. The Kier molecular flexibility index (Phi) is 4.17. The molecule has 0 aromatic heterocycles. The van der Waals surface area contributed by atoms with Gasteiger partial charge in [0.15, 0.2) is 5.69 Å². The van der Waals surface area contributed by atoms with Crippen LogP contribution in [0, 0.1) is 17.9 Å². The van der Waals surface area contributed by atoms with E-state index in [-0.39, 0.29) is 0 Å². The van der Waals surface area contributed by atoms with E-state index in [0.29, 0.717) is 11.3 Å². The minimum absolute atomic E-state index is 0.473. The molecule has 0 amide bonds. The first-order valence-corrected chi connectivity index (χ1v) is 9.56. The summed E-state index contributed by atoms with van der Waals surface area (Å²) in [4.78, 5) is 5.65. The van der Waals surface area contributed by atoms with Gasteiger partial charge in [-0.1, -0.05) is 48.5 Å². The quantitative estimate of drug-likeness (QED) is 0.325. The van der Waals surface area contributed by atoms with Crippen LogP contribution < -0.4 is 10.2 Å². The molecule has 1 N–H and O–H groups in total. The number of nitrogens with zero attached hydrogens (tertiary/aromatic N) is 3. The van der Waals surface area contributed by atoms with Crippen LogP contribution >= 0.6 is 0 Å². The molecule has 4 aromatic rings. The van der Waals surface area contributed by atoms with Gasteiger partial charge in [-0.2, -0.15) is 5.26 Å². The SMILES string of the molecule is [C-]#[N+]c1ccc(-c2ccc(N3c4ccccc4Nc4ccccc43)cc2)c(C#N)c1. The van der Waals surface area contributed by atoms with Gasteiger partial charge < -0.3 is 10.2 Å². The van der Waals surface area contributed by atoms with Crippen LogP contribution in [0.5, 0.6) is 0 Å². The largest absolute Gasteiger partial charge is 0.352 e. The number of hydrogen-bond acceptors (Lipinski definition) is 3. The molecule has 0 spiro atoms. The van der Waals surface area contributed by atoms with E-state index in [1.807, 2.05) is 42.5 Å². The van der Waals surface area contributed by atoms with Crippen molar-refractivity contribution in [3.05, 3.63) is 108 Å². The van der Waals surface area contributed by atoms with E-state index >= 15 is 0 Å². The maximum absolute atomic E-state index is 9.51. The summed E-state index contributed by atoms with van der Waals surface area (Å²) in [6.45, 7) is 7.16. The highest BCUT2D eigenvalue weighted by Crippen LogP contribution is 2.47. The van der Waals surface area contributed by atoms with E-state index in [4.69, 9.17) is 6.57 Å². The van der Waals surface area contributed by atoms with Crippen molar-refractivity contribution < 1.29 is 0 Å². The Labute approximate surface area is 175 Å². The summed E-state index contributed by atoms with van der Waals surface area (Å²) in [5, 5.41) is 13.0. The number of para-hydroxylation sites is 4. The average Bonchev–Trinajstić information content (AvgIpc) is 2.82. The maximum atomic E-state index is 9.51. The normalized spacial score (nSPS) is 11.5. The molecule has 5 rings (SSSR count). The van der Waals surface area contributed by atoms with Gasteiger partial charge in [-0.15, -0.1) is 0 Å². The molecular formula is C26H16N4. The van der Waals surface area contributed by atoms with Crippen LogP contribution in [0.25, 0.3) is 16.0 Å². The third-order valence-corrected chi connectivity index (χ3v) is 5.25. The van der Waals surface area contributed by atoms with E-state index in [9.17, 15) is 5.26 Å². The summed E-state index contributed by atoms with van der Waals surface area (Å²) in [5.41, 5.74) is 8.09. The van der Waals surface area contributed by atoms with Gasteiger partial charge in [0.25, 0.3) is 0 Å². The fraction of sp³-hybridized carbons (Fsp3) is 0. The lowest BCUT2D eigenvalue weighted by Crippen LogP contribution is -2.17. The summed E-state index contributed by atoms with van der Waals surface area (Å²) in [6, 6.07) is 32.1. The molecule has 30 heavy (non-hydrogen) atoms. The second-order valence-electron chi connectivity index (χ2n) is 7.00. The molecular weight excluding hydrogens is 368 g/mol. The Morgan fingerprint density at radius 2 is 1.43 bits per heavy atom. The minimum Gasteiger partial charge on any atom is -0.352 e. The van der Waals surface area contributed by atoms with Crippen LogP contribution in [0.3, 0.4) is 0 Å². The summed E-state index contributed by atoms with van der Waals surface area (Å²) in [6.07, 6.45) is 0. The average molecular weight is 384 g/mol. The van der Waals surface area contributed by atoms with Crippen molar-refractivity contribution in [3.63, 3.8) is 0 Å². The Bertz CT molecular complexity index is 1300. The molecule has 0 saturated carbocycles. The molecule has 140 valence electrons. The maximum Gasteiger partial charge on any atom is 0.188 e. The van der Waals surface area contributed by atoms with Gasteiger partial charge in [-0.3, -0.25) is 0 Å². The molecule has 0 radical (unpaired) electrons. The predicted octanol–water partition coefficient (Wildman–Crippen LogP) is 7.30. The number of hydrogen-bond donors (Lipinski definition) is 1. The first kappa shape index (κ1) is 17.6. The first-order valence-electron chi connectivity index (χ1n) is 9.56. The number of rotatable bonds is 2. The second-order valence-corrected chi connectivity index (χ2v) is 7.00. The van der Waals surface area contributed by atoms with Crippen LogP contribution in [0.15, 0.2) is 91.0 Å². The van der Waals surface area contributed by atoms with Crippen LogP contribution in [-0.4, -0.2) is 0 Å². The number of benzene rings is 4. The van der Waals surface area contributed by atoms with Crippen LogP contribution in [0.2, 0.25) is 0 Å². The van der Waals surface area contributed by atoms with Gasteiger partial charge in [0, 0.05) is 11.3 Å². The Morgan fingerprint density at radius 1 is 0.800 bits per heavy atom. The van der Waals surface area contributed by atoms with Crippen molar-refractivity contribution in [3.8, 4) is 17.2 Å². The predicted molar refractivity (Wildman–Crippen MR) is 121 cm³/mol. The first-order chi connectivity index (χ1) is 14.8. The number of fused-ring (bicyclic) bond motifs is 2. The van der Waals surface area contributed by atoms with Crippen molar-refractivity contribution in [1.29, 1.82) is 5.26 Å². The number of nitriles is 1. The molecule has 4 heteroatoms. The lowest BCUT2D eigenvalue weighted by Gasteiger charge is -2.34. The van der Waals surface area contributed by atoms with Crippen LogP contribution in [0.1, 0.15) is 5.56 Å². The molecule has 0 atom stereocenters. The third kappa shape index (κ3) is 2.85.